The van der Waals surface area contributed by atoms with Gasteiger partial charge >= 0.3 is 0 Å². The Hall–Kier alpha value is -0.590. The van der Waals surface area contributed by atoms with Crippen molar-refractivity contribution in [2.75, 3.05) is 6.54 Å². The van der Waals surface area contributed by atoms with E-state index in [2.05, 4.69) is 11.9 Å². The van der Waals surface area contributed by atoms with E-state index < -0.39 is 0 Å². The molecule has 0 atom stereocenters. The van der Waals surface area contributed by atoms with Gasteiger partial charge in [0, 0.05) is 12.8 Å². The van der Waals surface area contributed by atoms with Crippen LogP contribution in [0.4, 0.5) is 0 Å². The average Bonchev–Trinajstić information content (AvgIpc) is 1.89. The summed E-state index contributed by atoms with van der Waals surface area (Å²) >= 11 is 0. The first-order valence-electron chi connectivity index (χ1n) is 3.53. The van der Waals surface area contributed by atoms with Crippen LogP contribution < -0.4 is 0 Å². The number of aliphatic imine (C=N–C) groups is 1. The molecular weight excluding hydrogens is 110 g/mol. The highest BCUT2D eigenvalue weighted by Gasteiger charge is 1.74. The van der Waals surface area contributed by atoms with Gasteiger partial charge in [0.1, 0.15) is 0 Å². The van der Waals surface area contributed by atoms with Gasteiger partial charge < -0.3 is 0 Å². The molecule has 0 aromatic heterocycles. The molecule has 0 spiro atoms. The van der Waals surface area contributed by atoms with Crippen LogP contribution in [0.25, 0.3) is 0 Å². The smallest absolute Gasteiger partial charge is 0.0389 e. The quantitative estimate of drug-likeness (QED) is 0.404. The van der Waals surface area contributed by atoms with Gasteiger partial charge in [0.05, 0.1) is 0 Å². The highest BCUT2D eigenvalue weighted by atomic mass is 14.7. The van der Waals surface area contributed by atoms with Crippen molar-refractivity contribution in [3.05, 3.63) is 12.2 Å². The molecule has 0 heterocycles. The van der Waals surface area contributed by atoms with Crippen LogP contribution in [-0.4, -0.2) is 12.8 Å². The van der Waals surface area contributed by atoms with E-state index in [-0.39, 0.29) is 0 Å². The Morgan fingerprint density at radius 1 is 1.44 bits per heavy atom. The summed E-state index contributed by atoms with van der Waals surface area (Å²) in [7, 11) is 0. The first kappa shape index (κ1) is 8.41. The maximum absolute atomic E-state index is 4.14. The number of unbranched alkanes of at least 4 members (excludes halogenated alkanes) is 1. The molecule has 0 aliphatic rings. The third kappa shape index (κ3) is 7.41. The second kappa shape index (κ2) is 7.41. The zero-order valence-electron chi connectivity index (χ0n) is 6.30. The molecule has 0 amide bonds. The van der Waals surface area contributed by atoms with Crippen LogP contribution in [0.1, 0.15) is 26.7 Å². The Morgan fingerprint density at radius 2 is 2.22 bits per heavy atom. The molecule has 0 saturated heterocycles. The van der Waals surface area contributed by atoms with Crippen molar-refractivity contribution in [1.82, 2.24) is 0 Å². The number of nitrogens with zero attached hydrogens (tertiary/aromatic N) is 1. The molecule has 0 N–H and O–H groups in total. The van der Waals surface area contributed by atoms with E-state index in [4.69, 9.17) is 0 Å². The second-order valence-corrected chi connectivity index (χ2v) is 1.93. The molecule has 0 bridgehead atoms. The predicted octanol–water partition coefficient (Wildman–Crippen LogP) is 2.43. The minimum Gasteiger partial charge on any atom is -0.293 e. The number of hydrogen-bond acceptors (Lipinski definition) is 1. The van der Waals surface area contributed by atoms with E-state index in [1.165, 1.54) is 12.8 Å². The summed E-state index contributed by atoms with van der Waals surface area (Å²) in [4.78, 5) is 4.14. The molecule has 0 aliphatic heterocycles. The third-order valence-electron chi connectivity index (χ3n) is 1.02. The fourth-order valence-corrected chi connectivity index (χ4v) is 0.471. The standard InChI is InChI=1S/C8H15N/c1-3-5-7-9-8-6-4-2/h3,5,7H,4,6,8H2,1-2H3/b5-3-,9-7?. The zero-order valence-corrected chi connectivity index (χ0v) is 6.30. The second-order valence-electron chi connectivity index (χ2n) is 1.93. The molecule has 0 aromatic carbocycles. The van der Waals surface area contributed by atoms with Gasteiger partial charge in [-0.3, -0.25) is 4.99 Å². The molecule has 0 aliphatic carbocycles. The van der Waals surface area contributed by atoms with Crippen LogP contribution in [-0.2, 0) is 0 Å². The number of allylic oxidation sites excluding steroid dienone is 2. The molecule has 0 unspecified atom stereocenters. The van der Waals surface area contributed by atoms with Gasteiger partial charge in [0.25, 0.3) is 0 Å². The van der Waals surface area contributed by atoms with Crippen LogP contribution in [0.2, 0.25) is 0 Å². The molecule has 0 saturated carbocycles. The van der Waals surface area contributed by atoms with Gasteiger partial charge in [0.2, 0.25) is 0 Å². The van der Waals surface area contributed by atoms with E-state index in [1.54, 1.807) is 0 Å². The van der Waals surface area contributed by atoms with Crippen molar-refractivity contribution in [3.8, 4) is 0 Å². The van der Waals surface area contributed by atoms with Crippen LogP contribution >= 0.6 is 0 Å². The Bertz CT molecular complexity index is 92.7. The normalized spacial score (nSPS) is 11.8. The molecule has 1 nitrogen and oxygen atoms in total. The van der Waals surface area contributed by atoms with Crippen molar-refractivity contribution in [2.45, 2.75) is 26.7 Å². The lowest BCUT2D eigenvalue weighted by molar-refractivity contribution is 0.810. The summed E-state index contributed by atoms with van der Waals surface area (Å²) in [6, 6.07) is 0. The van der Waals surface area contributed by atoms with Crippen LogP contribution in [0.5, 0.6) is 0 Å². The Labute approximate surface area is 57.5 Å². The lowest BCUT2D eigenvalue weighted by atomic mass is 10.3. The molecule has 0 radical (unpaired) electrons. The van der Waals surface area contributed by atoms with Crippen LogP contribution in [0, 0.1) is 0 Å². The van der Waals surface area contributed by atoms with Crippen molar-refractivity contribution < 1.29 is 0 Å². The number of hydrogen-bond donors (Lipinski definition) is 0. The first-order valence-corrected chi connectivity index (χ1v) is 3.53. The van der Waals surface area contributed by atoms with Gasteiger partial charge in [0.15, 0.2) is 0 Å². The van der Waals surface area contributed by atoms with Gasteiger partial charge in [-0.25, -0.2) is 0 Å². The lowest BCUT2D eigenvalue weighted by Gasteiger charge is -1.85. The Morgan fingerprint density at radius 3 is 2.78 bits per heavy atom. The monoisotopic (exact) mass is 125 g/mol. The third-order valence-corrected chi connectivity index (χ3v) is 1.02. The molecule has 1 heteroatoms. The minimum atomic E-state index is 0.973. The van der Waals surface area contributed by atoms with Crippen molar-refractivity contribution in [1.29, 1.82) is 0 Å². The largest absolute Gasteiger partial charge is 0.293 e. The lowest BCUT2D eigenvalue weighted by Crippen LogP contribution is -1.77. The summed E-state index contributed by atoms with van der Waals surface area (Å²) in [5.74, 6) is 0. The van der Waals surface area contributed by atoms with E-state index >= 15 is 0 Å². The molecule has 0 aromatic rings. The first-order chi connectivity index (χ1) is 4.41. The Kier molecular flexibility index (Phi) is 6.92. The SMILES string of the molecule is C/C=C\C=NCCCC. The highest BCUT2D eigenvalue weighted by Crippen LogP contribution is 1.84. The minimum absolute atomic E-state index is 0.973. The van der Waals surface area contributed by atoms with Crippen molar-refractivity contribution in [2.24, 2.45) is 4.99 Å². The van der Waals surface area contributed by atoms with Crippen LogP contribution in [0.3, 0.4) is 0 Å². The fourth-order valence-electron chi connectivity index (χ4n) is 0.471. The van der Waals surface area contributed by atoms with E-state index in [0.29, 0.717) is 0 Å². The van der Waals surface area contributed by atoms with Gasteiger partial charge in [-0.05, 0) is 19.4 Å². The molecular formula is C8H15N. The zero-order chi connectivity index (χ0) is 6.95. The summed E-state index contributed by atoms with van der Waals surface area (Å²) < 4.78 is 0. The summed E-state index contributed by atoms with van der Waals surface area (Å²) in [5.41, 5.74) is 0. The van der Waals surface area contributed by atoms with E-state index in [0.717, 1.165) is 6.54 Å². The topological polar surface area (TPSA) is 12.4 Å². The van der Waals surface area contributed by atoms with Gasteiger partial charge in [-0.2, -0.15) is 0 Å². The molecule has 52 valence electrons. The summed E-state index contributed by atoms with van der Waals surface area (Å²) in [6.07, 6.45) is 8.22. The van der Waals surface area contributed by atoms with Crippen LogP contribution in [0.15, 0.2) is 17.1 Å². The maximum atomic E-state index is 4.14. The van der Waals surface area contributed by atoms with E-state index in [1.807, 2.05) is 25.3 Å². The number of rotatable bonds is 4. The molecule has 0 rings (SSSR count). The van der Waals surface area contributed by atoms with Crippen molar-refractivity contribution >= 4 is 6.21 Å². The summed E-state index contributed by atoms with van der Waals surface area (Å²) in [5, 5.41) is 0. The predicted molar refractivity (Wildman–Crippen MR) is 43.1 cm³/mol. The molecule has 9 heavy (non-hydrogen) atoms. The summed E-state index contributed by atoms with van der Waals surface area (Å²) in [6.45, 7) is 5.14. The van der Waals surface area contributed by atoms with Gasteiger partial charge in [-0.15, -0.1) is 0 Å². The highest BCUT2D eigenvalue weighted by molar-refractivity contribution is 5.70. The maximum Gasteiger partial charge on any atom is 0.0389 e. The van der Waals surface area contributed by atoms with Crippen molar-refractivity contribution in [3.63, 3.8) is 0 Å². The molecule has 0 fully saturated rings. The van der Waals surface area contributed by atoms with E-state index in [9.17, 15) is 0 Å². The fraction of sp³-hybridized carbons (Fsp3) is 0.625. The van der Waals surface area contributed by atoms with Gasteiger partial charge in [-0.1, -0.05) is 19.4 Å². The average molecular weight is 125 g/mol. The Balaban J connectivity index is 3.04.